The van der Waals surface area contributed by atoms with Crippen molar-refractivity contribution in [1.29, 1.82) is 0 Å². The molecule has 0 atom stereocenters. The maximum absolute atomic E-state index is 12.7. The first-order valence-electron chi connectivity index (χ1n) is 6.20. The third-order valence-corrected chi connectivity index (χ3v) is 4.04. The number of piperidine rings is 1. The number of carbonyl (C=O) groups is 1. The van der Waals surface area contributed by atoms with Gasteiger partial charge in [0.15, 0.2) is 0 Å². The van der Waals surface area contributed by atoms with Gasteiger partial charge in [-0.3, -0.25) is 4.79 Å². The van der Waals surface area contributed by atoms with Crippen LogP contribution in [0.4, 0.5) is 13.2 Å². The molecule has 1 saturated heterocycles. The highest BCUT2D eigenvalue weighted by Crippen LogP contribution is 2.32. The number of nitrogens with zero attached hydrogens (tertiary/aromatic N) is 1. The average Bonchev–Trinajstić information content (AvgIpc) is 2.38. The number of halogens is 4. The van der Waals surface area contributed by atoms with Crippen molar-refractivity contribution in [3.63, 3.8) is 0 Å². The molecule has 20 heavy (non-hydrogen) atoms. The van der Waals surface area contributed by atoms with Gasteiger partial charge in [0.1, 0.15) is 0 Å². The van der Waals surface area contributed by atoms with Crippen LogP contribution in [0.2, 0.25) is 0 Å². The quantitative estimate of drug-likeness (QED) is 0.846. The van der Waals surface area contributed by atoms with Gasteiger partial charge in [-0.2, -0.15) is 13.2 Å². The summed E-state index contributed by atoms with van der Waals surface area (Å²) >= 11 is 3.14. The van der Waals surface area contributed by atoms with Crippen LogP contribution in [0.15, 0.2) is 22.7 Å². The van der Waals surface area contributed by atoms with E-state index in [1.165, 1.54) is 6.07 Å². The van der Waals surface area contributed by atoms with E-state index in [4.69, 9.17) is 5.73 Å². The molecule has 1 aliphatic heterocycles. The number of benzene rings is 1. The second-order valence-corrected chi connectivity index (χ2v) is 5.68. The van der Waals surface area contributed by atoms with Gasteiger partial charge in [-0.25, -0.2) is 0 Å². The molecule has 0 aromatic heterocycles. The minimum absolute atomic E-state index is 0.0373. The van der Waals surface area contributed by atoms with Crippen LogP contribution in [0, 0.1) is 0 Å². The van der Waals surface area contributed by atoms with Crippen LogP contribution in [-0.2, 0) is 6.18 Å². The van der Waals surface area contributed by atoms with Crippen molar-refractivity contribution < 1.29 is 18.0 Å². The minimum atomic E-state index is -4.46. The van der Waals surface area contributed by atoms with Crippen molar-refractivity contribution in [2.24, 2.45) is 5.73 Å². The Morgan fingerprint density at radius 3 is 2.45 bits per heavy atom. The number of hydrogen-bond acceptors (Lipinski definition) is 2. The third kappa shape index (κ3) is 3.32. The first kappa shape index (κ1) is 15.3. The fourth-order valence-corrected chi connectivity index (χ4v) is 2.55. The highest BCUT2D eigenvalue weighted by atomic mass is 79.9. The molecule has 1 heterocycles. The van der Waals surface area contributed by atoms with Gasteiger partial charge in [0.05, 0.1) is 11.1 Å². The van der Waals surface area contributed by atoms with E-state index in [9.17, 15) is 18.0 Å². The fraction of sp³-hybridized carbons (Fsp3) is 0.462. The number of likely N-dealkylation sites (tertiary alicyclic amines) is 1. The van der Waals surface area contributed by atoms with Gasteiger partial charge < -0.3 is 10.6 Å². The van der Waals surface area contributed by atoms with Crippen molar-refractivity contribution >= 4 is 21.8 Å². The second-order valence-electron chi connectivity index (χ2n) is 4.82. The number of rotatable bonds is 1. The van der Waals surface area contributed by atoms with Crippen LogP contribution in [0.5, 0.6) is 0 Å². The summed E-state index contributed by atoms with van der Waals surface area (Å²) in [6.07, 6.45) is -3.12. The van der Waals surface area contributed by atoms with Crippen molar-refractivity contribution in [2.75, 3.05) is 13.1 Å². The van der Waals surface area contributed by atoms with E-state index in [2.05, 4.69) is 15.9 Å². The van der Waals surface area contributed by atoms with Crippen LogP contribution in [0.1, 0.15) is 28.8 Å². The maximum Gasteiger partial charge on any atom is 0.416 e. The molecule has 1 aromatic carbocycles. The zero-order chi connectivity index (χ0) is 14.9. The summed E-state index contributed by atoms with van der Waals surface area (Å²) in [5.74, 6) is -0.394. The van der Waals surface area contributed by atoms with Crippen LogP contribution in [-0.4, -0.2) is 29.9 Å². The first-order valence-corrected chi connectivity index (χ1v) is 7.00. The predicted octanol–water partition coefficient (Wildman–Crippen LogP) is 3.03. The molecule has 1 aliphatic rings. The van der Waals surface area contributed by atoms with E-state index in [0.717, 1.165) is 12.1 Å². The van der Waals surface area contributed by atoms with E-state index in [0.29, 0.717) is 30.4 Å². The molecule has 110 valence electrons. The zero-order valence-corrected chi connectivity index (χ0v) is 12.2. The molecule has 7 heteroatoms. The Labute approximate surface area is 123 Å². The lowest BCUT2D eigenvalue weighted by Gasteiger charge is -2.30. The molecule has 0 unspecified atom stereocenters. The second kappa shape index (κ2) is 5.73. The average molecular weight is 351 g/mol. The Bertz CT molecular complexity index is 511. The molecule has 2 rings (SSSR count). The summed E-state index contributed by atoms with van der Waals surface area (Å²) in [5.41, 5.74) is 4.97. The first-order chi connectivity index (χ1) is 9.29. The highest BCUT2D eigenvalue weighted by Gasteiger charge is 2.32. The standard InChI is InChI=1S/C13H14BrF3N2O/c14-11-2-1-8(13(15,16)17)7-10(11)12(20)19-5-3-9(18)4-6-19/h1-2,7,9H,3-6,18H2. The number of carbonyl (C=O) groups excluding carboxylic acids is 1. The summed E-state index contributed by atoms with van der Waals surface area (Å²) in [6.45, 7) is 0.950. The lowest BCUT2D eigenvalue weighted by molar-refractivity contribution is -0.137. The monoisotopic (exact) mass is 350 g/mol. The minimum Gasteiger partial charge on any atom is -0.338 e. The summed E-state index contributed by atoms with van der Waals surface area (Å²) in [7, 11) is 0. The van der Waals surface area contributed by atoms with Crippen molar-refractivity contribution in [3.05, 3.63) is 33.8 Å². The van der Waals surface area contributed by atoms with Crippen LogP contribution >= 0.6 is 15.9 Å². The molecule has 1 aromatic rings. The van der Waals surface area contributed by atoms with Crippen molar-refractivity contribution in [1.82, 2.24) is 4.90 Å². The number of alkyl halides is 3. The topological polar surface area (TPSA) is 46.3 Å². The molecule has 2 N–H and O–H groups in total. The van der Waals surface area contributed by atoms with Gasteiger partial charge in [-0.05, 0) is 47.0 Å². The molecule has 0 spiro atoms. The normalized spacial score (nSPS) is 17.4. The molecule has 1 fully saturated rings. The Morgan fingerprint density at radius 1 is 1.30 bits per heavy atom. The van der Waals surface area contributed by atoms with E-state index < -0.39 is 17.6 Å². The maximum atomic E-state index is 12.7. The van der Waals surface area contributed by atoms with E-state index in [1.54, 1.807) is 4.90 Å². The molecule has 3 nitrogen and oxygen atoms in total. The molecule has 0 radical (unpaired) electrons. The van der Waals surface area contributed by atoms with Crippen LogP contribution < -0.4 is 5.73 Å². The lowest BCUT2D eigenvalue weighted by Crippen LogP contribution is -2.43. The summed E-state index contributed by atoms with van der Waals surface area (Å²) in [5, 5.41) is 0. The Kier molecular flexibility index (Phi) is 4.39. The van der Waals surface area contributed by atoms with Gasteiger partial charge in [-0.1, -0.05) is 0 Å². The summed E-state index contributed by atoms with van der Waals surface area (Å²) in [4.78, 5) is 13.8. The number of hydrogen-bond donors (Lipinski definition) is 1. The number of amides is 1. The Balaban J connectivity index is 2.25. The fourth-order valence-electron chi connectivity index (χ4n) is 2.14. The smallest absolute Gasteiger partial charge is 0.338 e. The summed E-state index contributed by atoms with van der Waals surface area (Å²) < 4.78 is 38.5. The van der Waals surface area contributed by atoms with Crippen LogP contribution in [0.3, 0.4) is 0 Å². The highest BCUT2D eigenvalue weighted by molar-refractivity contribution is 9.10. The molecular formula is C13H14BrF3N2O. The Hall–Kier alpha value is -1.08. The predicted molar refractivity (Wildman–Crippen MR) is 72.3 cm³/mol. The van der Waals surface area contributed by atoms with E-state index >= 15 is 0 Å². The van der Waals surface area contributed by atoms with Gasteiger partial charge in [0, 0.05) is 23.6 Å². The van der Waals surface area contributed by atoms with E-state index in [-0.39, 0.29) is 11.6 Å². The van der Waals surface area contributed by atoms with E-state index in [1.807, 2.05) is 0 Å². The van der Waals surface area contributed by atoms with Gasteiger partial charge in [0.25, 0.3) is 5.91 Å². The summed E-state index contributed by atoms with van der Waals surface area (Å²) in [6, 6.07) is 3.16. The van der Waals surface area contributed by atoms with Gasteiger partial charge in [0.2, 0.25) is 0 Å². The van der Waals surface area contributed by atoms with Crippen molar-refractivity contribution in [2.45, 2.75) is 25.1 Å². The van der Waals surface area contributed by atoms with Crippen LogP contribution in [0.25, 0.3) is 0 Å². The molecule has 0 aliphatic carbocycles. The SMILES string of the molecule is NC1CCN(C(=O)c2cc(C(F)(F)F)ccc2Br)CC1. The Morgan fingerprint density at radius 2 is 1.90 bits per heavy atom. The lowest BCUT2D eigenvalue weighted by atomic mass is 10.0. The molecule has 1 amide bonds. The zero-order valence-electron chi connectivity index (χ0n) is 10.6. The molecule has 0 bridgehead atoms. The largest absolute Gasteiger partial charge is 0.416 e. The third-order valence-electron chi connectivity index (χ3n) is 3.35. The van der Waals surface area contributed by atoms with Gasteiger partial charge >= 0.3 is 6.18 Å². The van der Waals surface area contributed by atoms with Crippen molar-refractivity contribution in [3.8, 4) is 0 Å². The molecular weight excluding hydrogens is 337 g/mol. The van der Waals surface area contributed by atoms with Gasteiger partial charge in [-0.15, -0.1) is 0 Å². The molecule has 0 saturated carbocycles. The number of nitrogens with two attached hydrogens (primary N) is 1.